The molecule has 0 saturated carbocycles. The van der Waals surface area contributed by atoms with Crippen molar-refractivity contribution < 1.29 is 24.4 Å². The third-order valence-electron chi connectivity index (χ3n) is 9.22. The van der Waals surface area contributed by atoms with Crippen LogP contribution in [0.2, 0.25) is 0 Å². The average molecular weight is 673 g/mol. The second-order valence-corrected chi connectivity index (χ2v) is 14.5. The van der Waals surface area contributed by atoms with Crippen LogP contribution in [0.5, 0.6) is 0 Å². The monoisotopic (exact) mass is 672 g/mol. The van der Waals surface area contributed by atoms with Crippen LogP contribution in [0.1, 0.15) is 194 Å². The van der Waals surface area contributed by atoms with Gasteiger partial charge in [0.25, 0.3) is 0 Å². The first-order valence-electron chi connectivity index (χ1n) is 19.3. The average Bonchev–Trinajstić information content (AvgIpc) is 3.37. The van der Waals surface area contributed by atoms with Gasteiger partial charge in [0.05, 0.1) is 6.61 Å². The van der Waals surface area contributed by atoms with Gasteiger partial charge in [0, 0.05) is 12.8 Å². The summed E-state index contributed by atoms with van der Waals surface area (Å²) >= 11 is 11.1. The van der Waals surface area contributed by atoms with Crippen LogP contribution in [0.4, 0.5) is 0 Å². The minimum absolute atomic E-state index is 0.0840. The summed E-state index contributed by atoms with van der Waals surface area (Å²) in [6, 6.07) is 0. The van der Waals surface area contributed by atoms with Gasteiger partial charge in [-0.2, -0.15) is 0 Å². The quantitative estimate of drug-likeness (QED) is 0.0544. The fraction of sp³-hybridized carbons (Fsp3) is 0.947. The van der Waals surface area contributed by atoms with Crippen LogP contribution in [-0.4, -0.2) is 57.9 Å². The van der Waals surface area contributed by atoms with Gasteiger partial charge in [0.2, 0.25) is 0 Å². The Balaban J connectivity index is 2.15. The molecule has 0 radical (unpaired) electrons. The summed E-state index contributed by atoms with van der Waals surface area (Å²) in [7, 11) is 0. The fourth-order valence-corrected chi connectivity index (χ4v) is 6.68. The van der Waals surface area contributed by atoms with Crippen LogP contribution >= 0.6 is 24.4 Å². The highest BCUT2D eigenvalue weighted by molar-refractivity contribution is 7.80. The zero-order valence-corrected chi connectivity index (χ0v) is 31.1. The lowest BCUT2D eigenvalue weighted by Crippen LogP contribution is -2.43. The maximum atomic E-state index is 10.5. The van der Waals surface area contributed by atoms with Gasteiger partial charge in [-0.05, 0) is 37.3 Å². The Bertz CT molecular complexity index is 691. The van der Waals surface area contributed by atoms with E-state index in [0.29, 0.717) is 16.5 Å². The maximum absolute atomic E-state index is 10.5. The molecule has 0 unspecified atom stereocenters. The van der Waals surface area contributed by atoms with Gasteiger partial charge in [-0.3, -0.25) is 0 Å². The minimum atomic E-state index is -1.02. The van der Waals surface area contributed by atoms with Crippen molar-refractivity contribution >= 4 is 34.5 Å². The standard InChI is InChI=1S/C38H72O5S2/c1-3-5-7-9-11-13-15-17-19-21-23-25-27-29-35(44)41-32-34(38-37(40)33(39)31-42-38)43-36(45)30-28-26-24-22-20-18-16-14-12-10-8-6-4-2/h33-34,37-40H,3-32H2,1-2H3/t33-,34+,37-,38-/m1/s1. The minimum Gasteiger partial charge on any atom is -0.483 e. The third kappa shape index (κ3) is 24.5. The molecular weight excluding hydrogens is 601 g/mol. The molecule has 1 fully saturated rings. The van der Waals surface area contributed by atoms with Crippen molar-refractivity contribution in [2.75, 3.05) is 13.2 Å². The van der Waals surface area contributed by atoms with Gasteiger partial charge in [-0.25, -0.2) is 0 Å². The molecule has 0 aliphatic carbocycles. The number of hydrogen-bond donors (Lipinski definition) is 2. The van der Waals surface area contributed by atoms with E-state index in [1.165, 1.54) is 148 Å². The summed E-state index contributed by atoms with van der Waals surface area (Å²) in [4.78, 5) is 0. The van der Waals surface area contributed by atoms with E-state index in [1.54, 1.807) is 0 Å². The molecule has 1 rings (SSSR count). The summed E-state index contributed by atoms with van der Waals surface area (Å²) in [6.07, 6.45) is 32.4. The number of thiocarbonyl (C=S) groups is 2. The van der Waals surface area contributed by atoms with Gasteiger partial charge < -0.3 is 24.4 Å². The fourth-order valence-electron chi connectivity index (χ4n) is 6.20. The highest BCUT2D eigenvalue weighted by Gasteiger charge is 2.41. The molecule has 45 heavy (non-hydrogen) atoms. The van der Waals surface area contributed by atoms with Crippen molar-refractivity contribution in [1.82, 2.24) is 0 Å². The van der Waals surface area contributed by atoms with E-state index in [0.717, 1.165) is 25.7 Å². The van der Waals surface area contributed by atoms with Crippen molar-refractivity contribution in [2.45, 2.75) is 218 Å². The molecule has 1 saturated heterocycles. The molecule has 2 N–H and O–H groups in total. The second-order valence-electron chi connectivity index (χ2n) is 13.6. The number of hydrogen-bond acceptors (Lipinski definition) is 7. The molecule has 0 aromatic rings. The first-order valence-corrected chi connectivity index (χ1v) is 20.1. The lowest BCUT2D eigenvalue weighted by molar-refractivity contribution is -0.0600. The van der Waals surface area contributed by atoms with E-state index in [4.69, 9.17) is 38.6 Å². The molecule has 1 aliphatic rings. The van der Waals surface area contributed by atoms with E-state index in [1.807, 2.05) is 0 Å². The van der Waals surface area contributed by atoms with Crippen molar-refractivity contribution in [1.29, 1.82) is 0 Å². The Morgan fingerprint density at radius 3 is 1.29 bits per heavy atom. The predicted octanol–water partition coefficient (Wildman–Crippen LogP) is 11.1. The van der Waals surface area contributed by atoms with Crippen molar-refractivity contribution in [3.05, 3.63) is 0 Å². The smallest absolute Gasteiger partial charge is 0.162 e. The highest BCUT2D eigenvalue weighted by Crippen LogP contribution is 2.22. The molecule has 0 aromatic carbocycles. The summed E-state index contributed by atoms with van der Waals surface area (Å²) < 4.78 is 17.7. The maximum Gasteiger partial charge on any atom is 0.162 e. The Morgan fingerprint density at radius 2 is 0.933 bits per heavy atom. The summed E-state index contributed by atoms with van der Waals surface area (Å²) in [5, 5.41) is 21.6. The zero-order chi connectivity index (χ0) is 32.8. The van der Waals surface area contributed by atoms with Crippen LogP contribution < -0.4 is 0 Å². The van der Waals surface area contributed by atoms with Gasteiger partial charge in [-0.15, -0.1) is 0 Å². The lowest BCUT2D eigenvalue weighted by Gasteiger charge is -2.27. The molecule has 0 spiro atoms. The van der Waals surface area contributed by atoms with Gasteiger partial charge in [-0.1, -0.05) is 168 Å². The largest absolute Gasteiger partial charge is 0.483 e. The molecule has 0 aromatic heterocycles. The molecule has 0 bridgehead atoms. The molecule has 1 heterocycles. The first kappa shape index (κ1) is 42.7. The molecule has 0 amide bonds. The van der Waals surface area contributed by atoms with E-state index in [-0.39, 0.29) is 13.2 Å². The van der Waals surface area contributed by atoms with Gasteiger partial charge in [0.1, 0.15) is 24.9 Å². The Kier molecular flexibility index (Phi) is 29.4. The molecule has 5 nitrogen and oxygen atoms in total. The zero-order valence-electron chi connectivity index (χ0n) is 29.5. The normalized spacial score (nSPS) is 18.7. The van der Waals surface area contributed by atoms with Gasteiger partial charge >= 0.3 is 0 Å². The second kappa shape index (κ2) is 31.0. The number of unbranched alkanes of at least 4 members (excludes halogenated alkanes) is 24. The Morgan fingerprint density at radius 1 is 0.578 bits per heavy atom. The molecule has 7 heteroatoms. The molecule has 266 valence electrons. The highest BCUT2D eigenvalue weighted by atomic mass is 32.1. The van der Waals surface area contributed by atoms with Gasteiger partial charge in [0.15, 0.2) is 16.2 Å². The predicted molar refractivity (Wildman–Crippen MR) is 198 cm³/mol. The van der Waals surface area contributed by atoms with Crippen molar-refractivity contribution in [2.24, 2.45) is 0 Å². The summed E-state index contributed by atoms with van der Waals surface area (Å²) in [5.74, 6) is 0. The topological polar surface area (TPSA) is 68.2 Å². The van der Waals surface area contributed by atoms with Crippen LogP contribution in [0.15, 0.2) is 0 Å². The number of aliphatic hydroxyl groups excluding tert-OH is 2. The van der Waals surface area contributed by atoms with Crippen molar-refractivity contribution in [3.63, 3.8) is 0 Å². The summed E-state index contributed by atoms with van der Waals surface area (Å²) in [6.45, 7) is 4.80. The Hall–Kier alpha value is -0.340. The van der Waals surface area contributed by atoms with Crippen LogP contribution in [0.25, 0.3) is 0 Å². The lowest BCUT2D eigenvalue weighted by atomic mass is 10.0. The van der Waals surface area contributed by atoms with Crippen LogP contribution in [-0.2, 0) is 14.2 Å². The number of ether oxygens (including phenoxy) is 3. The first-order chi connectivity index (χ1) is 22.0. The van der Waals surface area contributed by atoms with Crippen LogP contribution in [0, 0.1) is 0 Å². The van der Waals surface area contributed by atoms with E-state index in [9.17, 15) is 10.2 Å². The SMILES string of the molecule is CCCCCCCCCCCCCCCC(=S)OC[C@H](OC(=S)CCCCCCCCCCCCCCC)[C@H]1OC[C@@H](O)[C@H]1O. The van der Waals surface area contributed by atoms with E-state index < -0.39 is 24.4 Å². The molecule has 4 atom stereocenters. The van der Waals surface area contributed by atoms with Crippen molar-refractivity contribution in [3.8, 4) is 0 Å². The third-order valence-corrected chi connectivity index (χ3v) is 9.84. The van der Waals surface area contributed by atoms with E-state index in [2.05, 4.69) is 13.8 Å². The number of aliphatic hydroxyl groups is 2. The molecule has 1 aliphatic heterocycles. The Labute approximate surface area is 289 Å². The summed E-state index contributed by atoms with van der Waals surface area (Å²) in [5.41, 5.74) is 0. The molecular formula is C38H72O5S2. The number of rotatable bonds is 32. The van der Waals surface area contributed by atoms with E-state index >= 15 is 0 Å². The van der Waals surface area contributed by atoms with Crippen LogP contribution in [0.3, 0.4) is 0 Å².